The maximum atomic E-state index is 16.2. The van der Waals surface area contributed by atoms with Gasteiger partial charge in [-0.1, -0.05) is 117 Å². The molecule has 0 amide bonds. The third-order valence-corrected chi connectivity index (χ3v) is 10.7. The van der Waals surface area contributed by atoms with Gasteiger partial charge in [-0.2, -0.15) is 0 Å². The summed E-state index contributed by atoms with van der Waals surface area (Å²) in [6.07, 6.45) is 3.10. The van der Waals surface area contributed by atoms with E-state index < -0.39 is 10.8 Å². The van der Waals surface area contributed by atoms with Gasteiger partial charge < -0.3 is 10.6 Å². The van der Waals surface area contributed by atoms with Crippen LogP contribution in [0.15, 0.2) is 72.8 Å². The maximum absolute atomic E-state index is 16.2. The molecule has 4 aromatic carbocycles. The molecule has 0 aliphatic carbocycles. The van der Waals surface area contributed by atoms with Gasteiger partial charge in [0.25, 0.3) is 0 Å². The monoisotopic (exact) mass is 612 g/mol. The van der Waals surface area contributed by atoms with Crippen LogP contribution in [0.5, 0.6) is 0 Å². The van der Waals surface area contributed by atoms with E-state index in [1.807, 2.05) is 0 Å². The van der Waals surface area contributed by atoms with Crippen molar-refractivity contribution in [1.82, 2.24) is 10.6 Å². The van der Waals surface area contributed by atoms with Gasteiger partial charge in [0.15, 0.2) is 5.78 Å². The van der Waals surface area contributed by atoms with Crippen LogP contribution in [0.3, 0.4) is 0 Å². The molecular weight excluding hydrogens is 560 g/mol. The molecule has 3 heteroatoms. The van der Waals surface area contributed by atoms with Crippen molar-refractivity contribution in [2.24, 2.45) is 0 Å². The summed E-state index contributed by atoms with van der Waals surface area (Å²) in [6, 6.07) is 27.7. The summed E-state index contributed by atoms with van der Waals surface area (Å²) >= 11 is 0. The first-order valence-electron chi connectivity index (χ1n) is 17.2. The van der Waals surface area contributed by atoms with Gasteiger partial charge in [0.2, 0.25) is 0 Å². The van der Waals surface area contributed by atoms with Crippen molar-refractivity contribution < 1.29 is 4.79 Å². The maximum Gasteiger partial charge on any atom is 0.154 e. The first-order valence-corrected chi connectivity index (χ1v) is 17.2. The molecule has 2 fully saturated rings. The number of carbonyl (C=O) groups excluding carboxylic acids is 1. The van der Waals surface area contributed by atoms with Crippen LogP contribution in [0, 0.1) is 55.4 Å². The van der Waals surface area contributed by atoms with Crippen molar-refractivity contribution in [2.75, 3.05) is 13.1 Å². The SMILES string of the molecule is Cc1cc(C)cc(C2CC(C(=O)C3(c4cc(C)cc(C)c4)CCNC(c4cc(C)cc(C)c4)C3)(c3cc(C)cc(C)c3)CCN2)c1. The second kappa shape index (κ2) is 12.6. The molecule has 2 aliphatic heterocycles. The van der Waals surface area contributed by atoms with Crippen LogP contribution in [0.1, 0.15) is 105 Å². The predicted molar refractivity (Wildman–Crippen MR) is 192 cm³/mol. The van der Waals surface area contributed by atoms with Gasteiger partial charge in [-0.3, -0.25) is 4.79 Å². The highest BCUT2D eigenvalue weighted by Crippen LogP contribution is 2.51. The van der Waals surface area contributed by atoms with Gasteiger partial charge in [-0.25, -0.2) is 0 Å². The Labute approximate surface area is 277 Å². The Hall–Kier alpha value is -3.53. The lowest BCUT2D eigenvalue weighted by atomic mass is 9.55. The molecule has 4 atom stereocenters. The fraction of sp³-hybridized carbons (Fsp3) is 0.419. The molecule has 240 valence electrons. The standard InChI is InChI=1S/C43H52N2O/c1-27-13-28(2)18-35(17-27)39-25-42(9-11-44-39,37-21-31(5)15-32(6)22-37)41(46)43(38-23-33(7)16-34(8)24-38)10-12-45-40(26-43)36-19-29(3)14-30(4)20-36/h13-24,39-40,44-45H,9-12,25-26H2,1-8H3. The van der Waals surface area contributed by atoms with E-state index >= 15 is 4.79 Å². The first-order chi connectivity index (χ1) is 21.9. The zero-order valence-corrected chi connectivity index (χ0v) is 29.2. The molecule has 2 heterocycles. The van der Waals surface area contributed by atoms with Crippen LogP contribution in [-0.2, 0) is 15.6 Å². The number of aryl methyl sites for hydroxylation is 8. The van der Waals surface area contributed by atoms with E-state index in [-0.39, 0.29) is 12.1 Å². The Morgan fingerprint density at radius 1 is 0.478 bits per heavy atom. The van der Waals surface area contributed by atoms with Crippen molar-refractivity contribution in [1.29, 1.82) is 0 Å². The highest BCUT2D eigenvalue weighted by Gasteiger charge is 2.55. The molecule has 0 spiro atoms. The van der Waals surface area contributed by atoms with E-state index in [0.717, 1.165) is 38.8 Å². The lowest BCUT2D eigenvalue weighted by molar-refractivity contribution is -0.133. The third kappa shape index (κ3) is 6.25. The zero-order valence-electron chi connectivity index (χ0n) is 29.2. The molecule has 2 saturated heterocycles. The van der Waals surface area contributed by atoms with Gasteiger partial charge in [-0.15, -0.1) is 0 Å². The normalized spacial score (nSPS) is 25.0. The molecule has 4 unspecified atom stereocenters. The van der Waals surface area contributed by atoms with E-state index in [1.165, 1.54) is 66.8 Å². The van der Waals surface area contributed by atoms with Gasteiger partial charge in [-0.05, 0) is 116 Å². The summed E-state index contributed by atoms with van der Waals surface area (Å²) in [5, 5.41) is 7.71. The highest BCUT2D eigenvalue weighted by atomic mass is 16.1. The highest BCUT2D eigenvalue weighted by molar-refractivity contribution is 5.99. The minimum atomic E-state index is -0.619. The van der Waals surface area contributed by atoms with Crippen molar-refractivity contribution in [3.8, 4) is 0 Å². The predicted octanol–water partition coefficient (Wildman–Crippen LogP) is 9.15. The molecule has 2 N–H and O–H groups in total. The van der Waals surface area contributed by atoms with Gasteiger partial charge >= 0.3 is 0 Å². The molecule has 4 aromatic rings. The molecule has 0 radical (unpaired) electrons. The molecule has 2 aliphatic rings. The Kier molecular flexibility index (Phi) is 8.87. The molecule has 0 aromatic heterocycles. The van der Waals surface area contributed by atoms with E-state index in [9.17, 15) is 0 Å². The van der Waals surface area contributed by atoms with Crippen LogP contribution >= 0.6 is 0 Å². The molecule has 46 heavy (non-hydrogen) atoms. The number of carbonyl (C=O) groups is 1. The number of nitrogens with one attached hydrogen (secondary N) is 2. The Morgan fingerprint density at radius 3 is 1.07 bits per heavy atom. The van der Waals surface area contributed by atoms with Crippen molar-refractivity contribution >= 4 is 5.78 Å². The molecule has 6 rings (SSSR count). The number of hydrogen-bond donors (Lipinski definition) is 2. The summed E-state index contributed by atoms with van der Waals surface area (Å²) in [7, 11) is 0. The molecule has 0 saturated carbocycles. The summed E-state index contributed by atoms with van der Waals surface area (Å²) < 4.78 is 0. The number of hydrogen-bond acceptors (Lipinski definition) is 3. The second-order valence-corrected chi connectivity index (χ2v) is 15.0. The van der Waals surface area contributed by atoms with Crippen molar-refractivity contribution in [2.45, 2.75) is 104 Å². The van der Waals surface area contributed by atoms with E-state index in [4.69, 9.17) is 0 Å². The molecule has 0 bridgehead atoms. The Morgan fingerprint density at radius 2 is 0.761 bits per heavy atom. The van der Waals surface area contributed by atoms with E-state index in [1.54, 1.807) is 0 Å². The number of ketones is 1. The lowest BCUT2D eigenvalue weighted by Gasteiger charge is -2.50. The fourth-order valence-electron chi connectivity index (χ4n) is 9.02. The Balaban J connectivity index is 1.55. The number of piperidine rings is 2. The minimum absolute atomic E-state index is 0.102. The quantitative estimate of drug-likeness (QED) is 0.228. The summed E-state index contributed by atoms with van der Waals surface area (Å²) in [5.41, 5.74) is 13.7. The largest absolute Gasteiger partial charge is 0.310 e. The smallest absolute Gasteiger partial charge is 0.154 e. The first kappa shape index (κ1) is 32.4. The van der Waals surface area contributed by atoms with E-state index in [2.05, 4.69) is 139 Å². The fourth-order valence-corrected chi connectivity index (χ4v) is 9.02. The second-order valence-electron chi connectivity index (χ2n) is 15.0. The van der Waals surface area contributed by atoms with E-state index in [0.29, 0.717) is 5.78 Å². The number of benzene rings is 4. The van der Waals surface area contributed by atoms with Crippen LogP contribution in [0.25, 0.3) is 0 Å². The minimum Gasteiger partial charge on any atom is -0.310 e. The van der Waals surface area contributed by atoms with Crippen LogP contribution < -0.4 is 10.6 Å². The van der Waals surface area contributed by atoms with Crippen LogP contribution in [0.2, 0.25) is 0 Å². The number of rotatable bonds is 6. The van der Waals surface area contributed by atoms with Crippen molar-refractivity contribution in [3.63, 3.8) is 0 Å². The lowest BCUT2D eigenvalue weighted by Crippen LogP contribution is -2.57. The van der Waals surface area contributed by atoms with Gasteiger partial charge in [0.05, 0.1) is 10.8 Å². The topological polar surface area (TPSA) is 41.1 Å². The summed E-state index contributed by atoms with van der Waals surface area (Å²) in [6.45, 7) is 19.0. The van der Waals surface area contributed by atoms with Gasteiger partial charge in [0, 0.05) is 12.1 Å². The third-order valence-electron chi connectivity index (χ3n) is 10.7. The van der Waals surface area contributed by atoms with Crippen LogP contribution in [0.4, 0.5) is 0 Å². The zero-order chi connectivity index (χ0) is 32.8. The average molecular weight is 613 g/mol. The summed E-state index contributed by atoms with van der Waals surface area (Å²) in [4.78, 5) is 16.2. The summed E-state index contributed by atoms with van der Waals surface area (Å²) in [5.74, 6) is 0.404. The number of Topliss-reactive ketones (excluding diaryl/α,β-unsaturated/α-hetero) is 1. The van der Waals surface area contributed by atoms with Crippen LogP contribution in [-0.4, -0.2) is 18.9 Å². The average Bonchev–Trinajstić information content (AvgIpc) is 2.99. The van der Waals surface area contributed by atoms with Crippen molar-refractivity contribution in [3.05, 3.63) is 140 Å². The molecular formula is C43H52N2O. The van der Waals surface area contributed by atoms with Gasteiger partial charge in [0.1, 0.15) is 0 Å². The molecule has 3 nitrogen and oxygen atoms in total. The Bertz CT molecular complexity index is 1580.